The number of fused-ring (bicyclic) bond motifs is 12. The quantitative estimate of drug-likeness (QED) is 0.183. The normalized spacial score (nSPS) is 14.4. The minimum Gasteiger partial charge on any atom is -0.456 e. The maximum atomic E-state index is 6.33. The lowest BCUT2D eigenvalue weighted by atomic mass is 9.55. The van der Waals surface area contributed by atoms with Gasteiger partial charge in [-0.2, -0.15) is 0 Å². The molecule has 0 amide bonds. The van der Waals surface area contributed by atoms with Crippen molar-refractivity contribution in [1.29, 1.82) is 0 Å². The standard InChI is InChI=1S/C52H37NO/c1-51(2)43-27-11-12-28-44(43)52(41-25-9-6-21-38(41)39-22-7-10-26-42(39)52)45-29-16-30-46(50(45)51)53(35-18-4-3-5-19-35)36-20-14-17-34(33-36)37-24-15-32-48-49(37)40-23-8-13-31-47(40)54-48/h3-33H,1-2H3. The summed E-state index contributed by atoms with van der Waals surface area (Å²) in [5.41, 5.74) is 17.5. The monoisotopic (exact) mass is 691 g/mol. The summed E-state index contributed by atoms with van der Waals surface area (Å²) in [6, 6.07) is 68.9. The highest BCUT2D eigenvalue weighted by Gasteiger charge is 2.54. The van der Waals surface area contributed by atoms with Gasteiger partial charge in [-0.05, 0) is 98.1 Å². The molecule has 2 heteroatoms. The Morgan fingerprint density at radius 1 is 0.426 bits per heavy atom. The fourth-order valence-corrected chi connectivity index (χ4v) is 9.98. The number of para-hydroxylation sites is 2. The van der Waals surface area contributed by atoms with Gasteiger partial charge in [-0.15, -0.1) is 0 Å². The van der Waals surface area contributed by atoms with Crippen LogP contribution in [0.3, 0.4) is 0 Å². The number of hydrogen-bond acceptors (Lipinski definition) is 2. The fraction of sp³-hybridized carbons (Fsp3) is 0.0769. The first-order valence-corrected chi connectivity index (χ1v) is 18.9. The number of nitrogens with zero attached hydrogens (tertiary/aromatic N) is 1. The van der Waals surface area contributed by atoms with E-state index in [1.54, 1.807) is 0 Å². The first kappa shape index (κ1) is 30.9. The Morgan fingerprint density at radius 2 is 0.981 bits per heavy atom. The Morgan fingerprint density at radius 3 is 1.76 bits per heavy atom. The summed E-state index contributed by atoms with van der Waals surface area (Å²) in [5, 5.41) is 2.28. The zero-order valence-electron chi connectivity index (χ0n) is 30.3. The van der Waals surface area contributed by atoms with E-state index in [0.717, 1.165) is 44.4 Å². The molecule has 0 aliphatic heterocycles. The van der Waals surface area contributed by atoms with Crippen LogP contribution in [0, 0.1) is 0 Å². The Kier molecular flexibility index (Phi) is 6.55. The number of furan rings is 1. The molecule has 2 aliphatic carbocycles. The van der Waals surface area contributed by atoms with Gasteiger partial charge in [0.05, 0.1) is 11.1 Å². The fourth-order valence-electron chi connectivity index (χ4n) is 9.98. The molecule has 2 nitrogen and oxygen atoms in total. The maximum absolute atomic E-state index is 6.33. The molecule has 0 saturated carbocycles. The predicted molar refractivity (Wildman–Crippen MR) is 223 cm³/mol. The second kappa shape index (κ2) is 11.4. The van der Waals surface area contributed by atoms with Crippen LogP contribution in [-0.4, -0.2) is 0 Å². The molecule has 1 spiro atoms. The molecule has 0 N–H and O–H groups in total. The molecular formula is C52H37NO. The van der Waals surface area contributed by atoms with Gasteiger partial charge in [0.15, 0.2) is 0 Å². The van der Waals surface area contributed by atoms with E-state index in [1.807, 2.05) is 6.07 Å². The van der Waals surface area contributed by atoms with Gasteiger partial charge >= 0.3 is 0 Å². The Bertz CT molecular complexity index is 2890. The molecule has 8 aromatic carbocycles. The van der Waals surface area contributed by atoms with Crippen molar-refractivity contribution in [3.05, 3.63) is 221 Å². The molecule has 11 rings (SSSR count). The van der Waals surface area contributed by atoms with Gasteiger partial charge in [-0.25, -0.2) is 0 Å². The highest BCUT2D eigenvalue weighted by molar-refractivity contribution is 6.12. The minimum absolute atomic E-state index is 0.313. The van der Waals surface area contributed by atoms with Gasteiger partial charge < -0.3 is 9.32 Å². The topological polar surface area (TPSA) is 16.4 Å². The van der Waals surface area contributed by atoms with Gasteiger partial charge in [0.2, 0.25) is 0 Å². The van der Waals surface area contributed by atoms with Gasteiger partial charge in [0.1, 0.15) is 11.2 Å². The van der Waals surface area contributed by atoms with Crippen LogP contribution in [0.2, 0.25) is 0 Å². The molecule has 0 saturated heterocycles. The smallest absolute Gasteiger partial charge is 0.136 e. The van der Waals surface area contributed by atoms with Crippen molar-refractivity contribution in [2.75, 3.05) is 4.90 Å². The molecule has 256 valence electrons. The third-order valence-electron chi connectivity index (χ3n) is 12.1. The summed E-state index contributed by atoms with van der Waals surface area (Å²) in [6.45, 7) is 4.83. The van der Waals surface area contributed by atoms with Crippen LogP contribution in [-0.2, 0) is 10.8 Å². The highest BCUT2D eigenvalue weighted by Crippen LogP contribution is 2.63. The van der Waals surface area contributed by atoms with Crippen LogP contribution < -0.4 is 4.90 Å². The van der Waals surface area contributed by atoms with E-state index >= 15 is 0 Å². The third-order valence-corrected chi connectivity index (χ3v) is 12.1. The van der Waals surface area contributed by atoms with Crippen LogP contribution in [0.25, 0.3) is 44.2 Å². The largest absolute Gasteiger partial charge is 0.456 e. The molecule has 2 aliphatic rings. The summed E-state index contributed by atoms with van der Waals surface area (Å²) in [6.07, 6.45) is 0. The number of benzene rings is 8. The van der Waals surface area contributed by atoms with Crippen LogP contribution in [0.15, 0.2) is 192 Å². The summed E-state index contributed by atoms with van der Waals surface area (Å²) in [5.74, 6) is 0. The number of rotatable bonds is 4. The molecule has 0 unspecified atom stereocenters. The average Bonchev–Trinajstić information content (AvgIpc) is 3.75. The summed E-state index contributed by atoms with van der Waals surface area (Å²) >= 11 is 0. The van der Waals surface area contributed by atoms with E-state index in [0.29, 0.717) is 0 Å². The van der Waals surface area contributed by atoms with Crippen molar-refractivity contribution < 1.29 is 4.42 Å². The number of anilines is 3. The average molecular weight is 692 g/mol. The molecule has 0 radical (unpaired) electrons. The molecule has 9 aromatic rings. The van der Waals surface area contributed by atoms with E-state index in [9.17, 15) is 0 Å². The minimum atomic E-state index is -0.465. The molecule has 0 atom stereocenters. The second-order valence-corrected chi connectivity index (χ2v) is 15.2. The molecule has 0 fully saturated rings. The summed E-state index contributed by atoms with van der Waals surface area (Å²) in [4.78, 5) is 2.48. The number of hydrogen-bond donors (Lipinski definition) is 0. The van der Waals surface area contributed by atoms with E-state index in [4.69, 9.17) is 4.42 Å². The Hall–Kier alpha value is -6.64. The Labute approximate surface area is 315 Å². The highest BCUT2D eigenvalue weighted by atomic mass is 16.3. The van der Waals surface area contributed by atoms with Gasteiger partial charge in [-0.1, -0.05) is 159 Å². The van der Waals surface area contributed by atoms with E-state index in [2.05, 4.69) is 201 Å². The van der Waals surface area contributed by atoms with Crippen LogP contribution in [0.4, 0.5) is 17.1 Å². The van der Waals surface area contributed by atoms with Gasteiger partial charge in [0, 0.05) is 27.6 Å². The lowest BCUT2D eigenvalue weighted by Gasteiger charge is -2.48. The lowest BCUT2D eigenvalue weighted by Crippen LogP contribution is -2.41. The van der Waals surface area contributed by atoms with E-state index in [-0.39, 0.29) is 5.41 Å². The van der Waals surface area contributed by atoms with Crippen LogP contribution in [0.5, 0.6) is 0 Å². The van der Waals surface area contributed by atoms with Crippen molar-refractivity contribution in [3.8, 4) is 22.3 Å². The molecule has 0 bridgehead atoms. The molecule has 1 aromatic heterocycles. The molecule has 1 heterocycles. The van der Waals surface area contributed by atoms with Crippen molar-refractivity contribution in [1.82, 2.24) is 0 Å². The second-order valence-electron chi connectivity index (χ2n) is 15.2. The first-order chi connectivity index (χ1) is 26.6. The van der Waals surface area contributed by atoms with Gasteiger partial charge in [0.25, 0.3) is 0 Å². The SMILES string of the molecule is CC1(C)c2ccccc2C2(c3ccccc3-c3ccccc32)c2cccc(N(c3ccccc3)c3cccc(-c4cccc5oc6ccccc6c45)c3)c21. The lowest BCUT2D eigenvalue weighted by molar-refractivity contribution is 0.564. The summed E-state index contributed by atoms with van der Waals surface area (Å²) < 4.78 is 6.33. The first-order valence-electron chi connectivity index (χ1n) is 18.9. The summed E-state index contributed by atoms with van der Waals surface area (Å²) in [7, 11) is 0. The molecule has 54 heavy (non-hydrogen) atoms. The predicted octanol–water partition coefficient (Wildman–Crippen LogP) is 13.7. The van der Waals surface area contributed by atoms with Crippen molar-refractivity contribution in [2.24, 2.45) is 0 Å². The Balaban J connectivity index is 1.21. The van der Waals surface area contributed by atoms with Gasteiger partial charge in [-0.3, -0.25) is 0 Å². The zero-order valence-corrected chi connectivity index (χ0v) is 30.3. The van der Waals surface area contributed by atoms with E-state index < -0.39 is 5.41 Å². The van der Waals surface area contributed by atoms with Crippen molar-refractivity contribution >= 4 is 39.0 Å². The molecular weight excluding hydrogens is 655 g/mol. The van der Waals surface area contributed by atoms with E-state index in [1.165, 1.54) is 50.2 Å². The third kappa shape index (κ3) is 4.11. The maximum Gasteiger partial charge on any atom is 0.136 e. The van der Waals surface area contributed by atoms with Crippen molar-refractivity contribution in [3.63, 3.8) is 0 Å². The van der Waals surface area contributed by atoms with Crippen molar-refractivity contribution in [2.45, 2.75) is 24.7 Å². The zero-order chi connectivity index (χ0) is 36.0. The van der Waals surface area contributed by atoms with Crippen LogP contribution >= 0.6 is 0 Å². The van der Waals surface area contributed by atoms with Crippen LogP contribution in [0.1, 0.15) is 47.2 Å².